The Labute approximate surface area is 96.8 Å². The Bertz CT molecular complexity index is 487. The average molecular weight is 273 g/mol. The van der Waals surface area contributed by atoms with Crippen molar-refractivity contribution >= 4 is 38.4 Å². The van der Waals surface area contributed by atoms with Crippen LogP contribution in [0.1, 0.15) is 12.5 Å². The smallest absolute Gasteiger partial charge is 0.0887 e. The summed E-state index contributed by atoms with van der Waals surface area (Å²) in [7, 11) is 0. The van der Waals surface area contributed by atoms with E-state index in [9.17, 15) is 0 Å². The first-order chi connectivity index (χ1) is 6.66. The lowest BCUT2D eigenvalue weighted by Gasteiger charge is -2.03. The second-order valence-electron chi connectivity index (χ2n) is 3.30. The molecule has 74 valence electrons. The maximum atomic E-state index is 6.18. The third-order valence-corrected chi connectivity index (χ3v) is 3.85. The van der Waals surface area contributed by atoms with Crippen LogP contribution in [-0.4, -0.2) is 4.57 Å². The summed E-state index contributed by atoms with van der Waals surface area (Å²) in [5.41, 5.74) is 2.38. The van der Waals surface area contributed by atoms with Crippen LogP contribution in [0.25, 0.3) is 10.9 Å². The van der Waals surface area contributed by atoms with Crippen molar-refractivity contribution in [2.75, 3.05) is 0 Å². The Balaban J connectivity index is 2.96. The monoisotopic (exact) mass is 271 g/mol. The first-order valence-electron chi connectivity index (χ1n) is 4.59. The van der Waals surface area contributed by atoms with Crippen molar-refractivity contribution in [2.45, 2.75) is 20.4 Å². The summed E-state index contributed by atoms with van der Waals surface area (Å²) in [5, 5.41) is 2.05. The summed E-state index contributed by atoms with van der Waals surface area (Å²) in [6.45, 7) is 5.15. The van der Waals surface area contributed by atoms with Crippen molar-refractivity contribution in [3.05, 3.63) is 33.4 Å². The van der Waals surface area contributed by atoms with E-state index in [1.807, 2.05) is 12.1 Å². The maximum Gasteiger partial charge on any atom is 0.0887 e. The molecule has 2 rings (SSSR count). The summed E-state index contributed by atoms with van der Waals surface area (Å²) in [5.74, 6) is 0. The van der Waals surface area contributed by atoms with Gasteiger partial charge in [0.05, 0.1) is 15.1 Å². The number of aryl methyl sites for hydroxylation is 2. The number of nitrogens with zero attached hydrogens (tertiary/aromatic N) is 1. The molecule has 2 aromatic rings. The Morgan fingerprint density at radius 3 is 2.79 bits per heavy atom. The van der Waals surface area contributed by atoms with Gasteiger partial charge in [0.25, 0.3) is 0 Å². The zero-order chi connectivity index (χ0) is 10.3. The number of benzene rings is 1. The summed E-state index contributed by atoms with van der Waals surface area (Å²) in [4.78, 5) is 0. The molecule has 0 atom stereocenters. The van der Waals surface area contributed by atoms with Crippen LogP contribution < -0.4 is 0 Å². The average Bonchev–Trinajstić information content (AvgIpc) is 2.43. The molecule has 0 saturated carbocycles. The molecule has 1 aromatic carbocycles. The van der Waals surface area contributed by atoms with Gasteiger partial charge in [-0.2, -0.15) is 0 Å². The molecule has 0 bridgehead atoms. The van der Waals surface area contributed by atoms with Crippen molar-refractivity contribution in [2.24, 2.45) is 0 Å². The van der Waals surface area contributed by atoms with Gasteiger partial charge in [0.1, 0.15) is 0 Å². The molecule has 0 unspecified atom stereocenters. The molecule has 0 aliphatic carbocycles. The summed E-state index contributed by atoms with van der Waals surface area (Å²) in [6.07, 6.45) is 0. The molecule has 0 saturated heterocycles. The standard InChI is InChI=1S/C11H11BrClN/c1-3-14-10-8(7(2)11(14)12)5-4-6-9(10)13/h4-6H,3H2,1-2H3. The van der Waals surface area contributed by atoms with Gasteiger partial charge in [0, 0.05) is 11.9 Å². The van der Waals surface area contributed by atoms with Crippen molar-refractivity contribution in [3.63, 3.8) is 0 Å². The topological polar surface area (TPSA) is 4.93 Å². The predicted molar refractivity (Wildman–Crippen MR) is 65.1 cm³/mol. The van der Waals surface area contributed by atoms with E-state index in [0.717, 1.165) is 21.7 Å². The highest BCUT2D eigenvalue weighted by Crippen LogP contribution is 2.33. The van der Waals surface area contributed by atoms with Gasteiger partial charge in [0.15, 0.2) is 0 Å². The van der Waals surface area contributed by atoms with Gasteiger partial charge in [-0.3, -0.25) is 0 Å². The van der Waals surface area contributed by atoms with Crippen molar-refractivity contribution < 1.29 is 0 Å². The van der Waals surface area contributed by atoms with Gasteiger partial charge in [-0.25, -0.2) is 0 Å². The molecule has 0 N–H and O–H groups in total. The minimum atomic E-state index is 0.818. The Morgan fingerprint density at radius 2 is 2.14 bits per heavy atom. The van der Waals surface area contributed by atoms with Gasteiger partial charge in [-0.1, -0.05) is 23.7 Å². The van der Waals surface area contributed by atoms with Crippen LogP contribution >= 0.6 is 27.5 Å². The molecule has 0 spiro atoms. The van der Waals surface area contributed by atoms with Gasteiger partial charge >= 0.3 is 0 Å². The summed E-state index contributed by atoms with van der Waals surface area (Å²) < 4.78 is 3.32. The second-order valence-corrected chi connectivity index (χ2v) is 4.45. The lowest BCUT2D eigenvalue weighted by Crippen LogP contribution is -1.93. The van der Waals surface area contributed by atoms with Crippen LogP contribution in [0.5, 0.6) is 0 Å². The van der Waals surface area contributed by atoms with Crippen molar-refractivity contribution in [1.29, 1.82) is 0 Å². The first-order valence-corrected chi connectivity index (χ1v) is 5.76. The Kier molecular flexibility index (Phi) is 2.58. The SMILES string of the molecule is CCn1c(Br)c(C)c2cccc(Cl)c21. The zero-order valence-electron chi connectivity index (χ0n) is 8.14. The second kappa shape index (κ2) is 3.59. The molecule has 1 aromatic heterocycles. The summed E-state index contributed by atoms with van der Waals surface area (Å²) >= 11 is 9.78. The van der Waals surface area contributed by atoms with E-state index in [1.165, 1.54) is 10.9 Å². The van der Waals surface area contributed by atoms with E-state index >= 15 is 0 Å². The molecule has 1 nitrogen and oxygen atoms in total. The lowest BCUT2D eigenvalue weighted by atomic mass is 10.2. The lowest BCUT2D eigenvalue weighted by molar-refractivity contribution is 0.777. The molecule has 3 heteroatoms. The summed E-state index contributed by atoms with van der Waals surface area (Å²) in [6, 6.07) is 6.03. The Morgan fingerprint density at radius 1 is 1.43 bits per heavy atom. The van der Waals surface area contributed by atoms with E-state index in [4.69, 9.17) is 11.6 Å². The number of fused-ring (bicyclic) bond motifs is 1. The molecule has 1 heterocycles. The Hall–Kier alpha value is -0.470. The van der Waals surface area contributed by atoms with E-state index < -0.39 is 0 Å². The molecule has 0 aliphatic heterocycles. The highest BCUT2D eigenvalue weighted by molar-refractivity contribution is 9.10. The number of halogens is 2. The molecular weight excluding hydrogens is 261 g/mol. The van der Waals surface area contributed by atoms with E-state index in [1.54, 1.807) is 0 Å². The number of hydrogen-bond acceptors (Lipinski definition) is 0. The number of para-hydroxylation sites is 1. The third-order valence-electron chi connectivity index (χ3n) is 2.52. The van der Waals surface area contributed by atoms with Gasteiger partial charge in [-0.15, -0.1) is 0 Å². The van der Waals surface area contributed by atoms with Gasteiger partial charge in [-0.05, 0) is 41.4 Å². The first kappa shape index (κ1) is 10.1. The van der Waals surface area contributed by atoms with Crippen LogP contribution in [0.15, 0.2) is 22.8 Å². The molecule has 0 amide bonds. The number of aromatic nitrogens is 1. The minimum Gasteiger partial charge on any atom is -0.334 e. The highest BCUT2D eigenvalue weighted by atomic mass is 79.9. The molecule has 0 radical (unpaired) electrons. The van der Waals surface area contributed by atoms with Crippen LogP contribution in [-0.2, 0) is 6.54 Å². The fourth-order valence-electron chi connectivity index (χ4n) is 1.80. The zero-order valence-corrected chi connectivity index (χ0v) is 10.5. The highest BCUT2D eigenvalue weighted by Gasteiger charge is 2.12. The van der Waals surface area contributed by atoms with Crippen LogP contribution in [0.2, 0.25) is 5.02 Å². The van der Waals surface area contributed by atoms with E-state index in [2.05, 4.69) is 40.4 Å². The van der Waals surface area contributed by atoms with Crippen molar-refractivity contribution in [3.8, 4) is 0 Å². The maximum absolute atomic E-state index is 6.18. The fourth-order valence-corrected chi connectivity index (χ4v) is 2.72. The normalized spacial score (nSPS) is 11.1. The predicted octanol–water partition coefficient (Wildman–Crippen LogP) is 4.39. The van der Waals surface area contributed by atoms with E-state index in [-0.39, 0.29) is 0 Å². The largest absolute Gasteiger partial charge is 0.334 e. The molecule has 0 fully saturated rings. The quantitative estimate of drug-likeness (QED) is 0.726. The molecule has 14 heavy (non-hydrogen) atoms. The number of hydrogen-bond donors (Lipinski definition) is 0. The molecular formula is C11H11BrClN. The minimum absolute atomic E-state index is 0.818. The van der Waals surface area contributed by atoms with Crippen molar-refractivity contribution in [1.82, 2.24) is 4.57 Å². The van der Waals surface area contributed by atoms with Crippen LogP contribution in [0.4, 0.5) is 0 Å². The van der Waals surface area contributed by atoms with Gasteiger partial charge < -0.3 is 4.57 Å². The van der Waals surface area contributed by atoms with E-state index in [0.29, 0.717) is 0 Å². The van der Waals surface area contributed by atoms with Crippen LogP contribution in [0, 0.1) is 6.92 Å². The van der Waals surface area contributed by atoms with Gasteiger partial charge in [0.2, 0.25) is 0 Å². The molecule has 0 aliphatic rings. The van der Waals surface area contributed by atoms with Crippen LogP contribution in [0.3, 0.4) is 0 Å². The third kappa shape index (κ3) is 1.29. The fraction of sp³-hybridized carbons (Fsp3) is 0.273. The number of rotatable bonds is 1.